The number of carbonyl (C=O) groups excluding carboxylic acids is 2. The zero-order chi connectivity index (χ0) is 29.1. The van der Waals surface area contributed by atoms with E-state index in [1.807, 2.05) is 0 Å². The molecule has 12 heteroatoms. The van der Waals surface area contributed by atoms with Crippen LogP contribution >= 0.6 is 11.3 Å². The Morgan fingerprint density at radius 3 is 2.12 bits per heavy atom. The summed E-state index contributed by atoms with van der Waals surface area (Å²) in [5, 5.41) is 20.1. The van der Waals surface area contributed by atoms with Crippen LogP contribution in [0, 0.1) is 0 Å². The molecular weight excluding hydrogens is 540 g/mol. The maximum absolute atomic E-state index is 13.7. The number of ether oxygens (including phenoxy) is 4. The van der Waals surface area contributed by atoms with Crippen molar-refractivity contribution in [1.29, 1.82) is 0 Å². The van der Waals surface area contributed by atoms with Crippen molar-refractivity contribution in [2.75, 3.05) is 27.4 Å². The van der Waals surface area contributed by atoms with Crippen molar-refractivity contribution < 1.29 is 38.7 Å². The van der Waals surface area contributed by atoms with Crippen LogP contribution in [-0.4, -0.2) is 54.2 Å². The van der Waals surface area contributed by atoms with E-state index in [1.165, 1.54) is 38.5 Å². The molecule has 1 unspecified atom stereocenters. The van der Waals surface area contributed by atoms with Gasteiger partial charge in [-0.3, -0.25) is 9.36 Å². The lowest BCUT2D eigenvalue weighted by atomic mass is 9.83. The molecule has 4 rings (SSSR count). The minimum absolute atomic E-state index is 0.00289. The number of aromatic hydroxyl groups is 2. The Labute approximate surface area is 232 Å². The highest BCUT2D eigenvalue weighted by atomic mass is 32.1. The van der Waals surface area contributed by atoms with E-state index in [1.54, 1.807) is 32.1 Å². The monoisotopic (exact) mass is 568 g/mol. The van der Waals surface area contributed by atoms with Crippen molar-refractivity contribution >= 4 is 40.7 Å². The SMILES string of the molecule is CCOC(=O)C1=C(N)n2c(s/c(=C\c3ccc(O)c(OC)c3)c2=O)=C(C(=O)OCC)C1c1ccc(O)c(OC)c1. The Balaban J connectivity index is 2.12. The summed E-state index contributed by atoms with van der Waals surface area (Å²) in [5.41, 5.74) is 6.70. The predicted octanol–water partition coefficient (Wildman–Crippen LogP) is 1.37. The highest BCUT2D eigenvalue weighted by Crippen LogP contribution is 2.40. The molecule has 0 aliphatic carbocycles. The van der Waals surface area contributed by atoms with Gasteiger partial charge in [-0.05, 0) is 55.3 Å². The van der Waals surface area contributed by atoms with Gasteiger partial charge in [0.15, 0.2) is 23.0 Å². The third kappa shape index (κ3) is 5.00. The van der Waals surface area contributed by atoms with Crippen LogP contribution in [0.5, 0.6) is 23.0 Å². The lowest BCUT2D eigenvalue weighted by Gasteiger charge is -2.27. The number of nitrogens with zero attached hydrogens (tertiary/aromatic N) is 1. The van der Waals surface area contributed by atoms with Crippen molar-refractivity contribution in [1.82, 2.24) is 4.57 Å². The molecule has 1 aromatic heterocycles. The van der Waals surface area contributed by atoms with Crippen molar-refractivity contribution in [3.05, 3.63) is 72.6 Å². The molecule has 4 N–H and O–H groups in total. The van der Waals surface area contributed by atoms with Gasteiger partial charge in [0.1, 0.15) is 10.5 Å². The molecule has 2 aromatic carbocycles. The summed E-state index contributed by atoms with van der Waals surface area (Å²) in [7, 11) is 2.77. The molecule has 40 heavy (non-hydrogen) atoms. The summed E-state index contributed by atoms with van der Waals surface area (Å²) in [5.74, 6) is -2.80. The Bertz CT molecular complexity index is 1700. The van der Waals surface area contributed by atoms with Crippen LogP contribution in [0.25, 0.3) is 17.5 Å². The normalized spacial score (nSPS) is 15.1. The third-order valence-corrected chi connectivity index (χ3v) is 7.29. The number of hydrogen-bond acceptors (Lipinski definition) is 11. The first-order chi connectivity index (χ1) is 19.2. The topological polar surface area (TPSA) is 160 Å². The molecule has 11 nitrogen and oxygen atoms in total. The Hall–Kier alpha value is -4.71. The van der Waals surface area contributed by atoms with Gasteiger partial charge in [0.05, 0.1) is 49.0 Å². The number of aromatic nitrogens is 1. The van der Waals surface area contributed by atoms with Gasteiger partial charge in [0, 0.05) is 0 Å². The zero-order valence-corrected chi connectivity index (χ0v) is 23.0. The molecule has 0 spiro atoms. The molecular formula is C28H28N2O9S. The lowest BCUT2D eigenvalue weighted by Crippen LogP contribution is -2.42. The maximum Gasteiger partial charge on any atom is 0.338 e. The summed E-state index contributed by atoms with van der Waals surface area (Å²) in [6.07, 6.45) is 1.55. The molecule has 210 valence electrons. The average Bonchev–Trinajstić information content (AvgIpc) is 3.25. The largest absolute Gasteiger partial charge is 0.504 e. The zero-order valence-electron chi connectivity index (χ0n) is 22.2. The van der Waals surface area contributed by atoms with Gasteiger partial charge in [-0.1, -0.05) is 12.1 Å². The number of rotatable bonds is 8. The van der Waals surface area contributed by atoms with Gasteiger partial charge in [-0.25, -0.2) is 9.59 Å². The van der Waals surface area contributed by atoms with Gasteiger partial charge in [0.25, 0.3) is 5.56 Å². The van der Waals surface area contributed by atoms with E-state index in [0.717, 1.165) is 15.9 Å². The average molecular weight is 569 g/mol. The van der Waals surface area contributed by atoms with E-state index < -0.39 is 23.4 Å². The number of methoxy groups -OCH3 is 2. The molecule has 0 radical (unpaired) electrons. The molecule has 2 heterocycles. The van der Waals surface area contributed by atoms with Crippen molar-refractivity contribution in [2.45, 2.75) is 19.8 Å². The minimum atomic E-state index is -1.10. The molecule has 1 aliphatic heterocycles. The van der Waals surface area contributed by atoms with Crippen LogP contribution in [0.15, 0.2) is 46.8 Å². The third-order valence-electron chi connectivity index (χ3n) is 6.18. The Morgan fingerprint density at radius 1 is 0.950 bits per heavy atom. The van der Waals surface area contributed by atoms with Gasteiger partial charge in [0.2, 0.25) is 0 Å². The van der Waals surface area contributed by atoms with Crippen LogP contribution < -0.4 is 30.0 Å². The number of thiazole rings is 1. The molecule has 1 atom stereocenters. The van der Waals surface area contributed by atoms with E-state index in [9.17, 15) is 24.6 Å². The van der Waals surface area contributed by atoms with E-state index in [2.05, 4.69) is 0 Å². The number of nitrogens with two attached hydrogens (primary N) is 1. The summed E-state index contributed by atoms with van der Waals surface area (Å²) < 4.78 is 22.5. The fourth-order valence-corrected chi connectivity index (χ4v) is 5.57. The van der Waals surface area contributed by atoms with E-state index >= 15 is 0 Å². The Kier molecular flexibility index (Phi) is 8.19. The molecule has 0 amide bonds. The van der Waals surface area contributed by atoms with Gasteiger partial charge in [-0.2, -0.15) is 0 Å². The number of benzene rings is 2. The predicted molar refractivity (Wildman–Crippen MR) is 148 cm³/mol. The fourth-order valence-electron chi connectivity index (χ4n) is 4.41. The molecule has 0 bridgehead atoms. The summed E-state index contributed by atoms with van der Waals surface area (Å²) in [6.45, 7) is 3.30. The highest BCUT2D eigenvalue weighted by Gasteiger charge is 2.40. The van der Waals surface area contributed by atoms with E-state index in [4.69, 9.17) is 24.7 Å². The van der Waals surface area contributed by atoms with Crippen molar-refractivity contribution in [2.24, 2.45) is 5.73 Å². The number of esters is 2. The molecule has 0 fully saturated rings. The number of fused-ring (bicyclic) bond motifs is 1. The van der Waals surface area contributed by atoms with Gasteiger partial charge < -0.3 is 34.9 Å². The second-order valence-corrected chi connectivity index (χ2v) is 9.54. The van der Waals surface area contributed by atoms with E-state index in [0.29, 0.717) is 11.1 Å². The van der Waals surface area contributed by atoms with Gasteiger partial charge >= 0.3 is 11.9 Å². The summed E-state index contributed by atoms with van der Waals surface area (Å²) in [6, 6.07) is 8.92. The van der Waals surface area contributed by atoms with E-state index in [-0.39, 0.29) is 62.4 Å². The number of carbonyl (C=O) groups is 2. The standard InChI is InChI=1S/C28H28N2O9S/c1-5-38-27(34)22-21(15-8-10-17(32)19(13-15)37-4)23(28(35)39-6-2)26-30(24(22)29)25(33)20(40-26)12-14-7-9-16(31)18(11-14)36-3/h7-13,21,31-32H,5-6,29H2,1-4H3/b20-12-. The van der Waals surface area contributed by atoms with Crippen molar-refractivity contribution in [3.63, 3.8) is 0 Å². The highest BCUT2D eigenvalue weighted by molar-refractivity contribution is 7.07. The first-order valence-corrected chi connectivity index (χ1v) is 13.0. The first-order valence-electron chi connectivity index (χ1n) is 12.2. The quantitative estimate of drug-likeness (QED) is 0.339. The number of hydrogen-bond donors (Lipinski definition) is 3. The second kappa shape index (κ2) is 11.6. The number of phenols is 2. The fraction of sp³-hybridized carbons (Fsp3) is 0.250. The van der Waals surface area contributed by atoms with Crippen molar-refractivity contribution in [3.8, 4) is 23.0 Å². The van der Waals surface area contributed by atoms with Crippen LogP contribution in [0.1, 0.15) is 30.9 Å². The second-order valence-electron chi connectivity index (χ2n) is 8.51. The maximum atomic E-state index is 13.7. The summed E-state index contributed by atoms with van der Waals surface area (Å²) >= 11 is 0.986. The van der Waals surface area contributed by atoms with Crippen LogP contribution in [0.2, 0.25) is 0 Å². The Morgan fingerprint density at radius 2 is 1.52 bits per heavy atom. The summed E-state index contributed by atoms with van der Waals surface area (Å²) in [4.78, 5) is 40.4. The van der Waals surface area contributed by atoms with Crippen LogP contribution in [0.4, 0.5) is 0 Å². The molecule has 3 aromatic rings. The number of phenolic OH excluding ortho intramolecular Hbond substituents is 2. The van der Waals surface area contributed by atoms with Crippen LogP contribution in [-0.2, 0) is 19.1 Å². The van der Waals surface area contributed by atoms with Crippen LogP contribution in [0.3, 0.4) is 0 Å². The first kappa shape index (κ1) is 28.3. The minimum Gasteiger partial charge on any atom is -0.504 e. The van der Waals surface area contributed by atoms with Gasteiger partial charge in [-0.15, -0.1) is 11.3 Å². The molecule has 1 aliphatic rings. The smallest absolute Gasteiger partial charge is 0.338 e. The lowest BCUT2D eigenvalue weighted by molar-refractivity contribution is -0.138. The molecule has 0 saturated heterocycles. The molecule has 0 saturated carbocycles.